The molecule has 106 valence electrons. The van der Waals surface area contributed by atoms with E-state index in [2.05, 4.69) is 5.32 Å². The summed E-state index contributed by atoms with van der Waals surface area (Å²) in [6.45, 7) is 1.40. The zero-order valence-corrected chi connectivity index (χ0v) is 11.2. The fraction of sp³-hybridized carbons (Fsp3) is 0.500. The summed E-state index contributed by atoms with van der Waals surface area (Å²) in [6.07, 6.45) is 2.34. The zero-order valence-electron chi connectivity index (χ0n) is 11.2. The number of hydrogen-bond donors (Lipinski definition) is 3. The van der Waals surface area contributed by atoms with Crippen LogP contribution >= 0.6 is 0 Å². The van der Waals surface area contributed by atoms with Gasteiger partial charge in [0.05, 0.1) is 0 Å². The first kappa shape index (κ1) is 15.5. The maximum absolute atomic E-state index is 11.4. The molecular weight excluding hydrogens is 242 g/mol. The van der Waals surface area contributed by atoms with Crippen molar-refractivity contribution in [3.05, 3.63) is 35.9 Å². The van der Waals surface area contributed by atoms with E-state index < -0.39 is 0 Å². The molecule has 0 saturated heterocycles. The van der Waals surface area contributed by atoms with Crippen LogP contribution in [0.2, 0.25) is 0 Å². The van der Waals surface area contributed by atoms with Crippen LogP contribution in [0.3, 0.4) is 0 Å². The molecule has 1 atom stereocenters. The molecule has 0 saturated carbocycles. The molecule has 0 spiro atoms. The molecule has 1 amide bonds. The second-order valence-corrected chi connectivity index (χ2v) is 4.48. The maximum atomic E-state index is 11.4. The van der Waals surface area contributed by atoms with E-state index in [9.17, 15) is 4.79 Å². The summed E-state index contributed by atoms with van der Waals surface area (Å²) in [4.78, 5) is 11.4. The lowest BCUT2D eigenvalue weighted by Gasteiger charge is -2.09. The molecule has 1 aromatic carbocycles. The quantitative estimate of drug-likeness (QED) is 0.619. The summed E-state index contributed by atoms with van der Waals surface area (Å²) in [5, 5.41) is 2.71. The van der Waals surface area contributed by atoms with Crippen LogP contribution in [0, 0.1) is 0 Å². The highest BCUT2D eigenvalue weighted by Gasteiger charge is 2.02. The number of alkyl carbamates (subject to hydrolysis) is 1. The Balaban J connectivity index is 2.02. The number of nitrogens with two attached hydrogens (primary N) is 2. The number of nitrogens with one attached hydrogen (secondary N) is 1. The van der Waals surface area contributed by atoms with Crippen LogP contribution in [0.5, 0.6) is 0 Å². The molecule has 0 bridgehead atoms. The van der Waals surface area contributed by atoms with E-state index >= 15 is 0 Å². The third-order valence-electron chi connectivity index (χ3n) is 2.79. The predicted molar refractivity (Wildman–Crippen MR) is 75.5 cm³/mol. The Morgan fingerprint density at radius 3 is 2.68 bits per heavy atom. The van der Waals surface area contributed by atoms with Crippen LogP contribution < -0.4 is 16.8 Å². The molecule has 19 heavy (non-hydrogen) atoms. The van der Waals surface area contributed by atoms with Crippen molar-refractivity contribution in [2.45, 2.75) is 31.9 Å². The van der Waals surface area contributed by atoms with Gasteiger partial charge in [-0.2, -0.15) is 0 Å². The molecule has 0 heterocycles. The predicted octanol–water partition coefficient (Wildman–Crippen LogP) is 1.37. The number of rotatable bonds is 8. The first-order valence-electron chi connectivity index (χ1n) is 6.62. The van der Waals surface area contributed by atoms with Gasteiger partial charge in [-0.15, -0.1) is 0 Å². The molecule has 5 heteroatoms. The second-order valence-electron chi connectivity index (χ2n) is 4.48. The number of unbranched alkanes of at least 4 members (excludes halogenated alkanes) is 1. The minimum absolute atomic E-state index is 0.0602. The van der Waals surface area contributed by atoms with Crippen molar-refractivity contribution in [1.82, 2.24) is 5.32 Å². The van der Waals surface area contributed by atoms with E-state index in [1.807, 2.05) is 30.3 Å². The van der Waals surface area contributed by atoms with Gasteiger partial charge in [-0.05, 0) is 18.4 Å². The molecule has 0 unspecified atom stereocenters. The summed E-state index contributed by atoms with van der Waals surface area (Å²) < 4.78 is 5.08. The SMILES string of the molecule is NC[C@@H](N)CCCCNC(=O)OCc1ccccc1. The summed E-state index contributed by atoms with van der Waals surface area (Å²) in [6, 6.07) is 9.65. The molecule has 0 fully saturated rings. The van der Waals surface area contributed by atoms with Crippen LogP contribution in [0.25, 0.3) is 0 Å². The molecule has 0 aliphatic carbocycles. The molecule has 1 aromatic rings. The minimum atomic E-state index is -0.382. The Bertz CT molecular complexity index is 357. The van der Waals surface area contributed by atoms with Gasteiger partial charge in [-0.3, -0.25) is 0 Å². The minimum Gasteiger partial charge on any atom is -0.445 e. The topological polar surface area (TPSA) is 90.4 Å². The van der Waals surface area contributed by atoms with E-state index in [1.54, 1.807) is 0 Å². The normalized spacial score (nSPS) is 11.9. The fourth-order valence-electron chi connectivity index (χ4n) is 1.61. The number of carbonyl (C=O) groups excluding carboxylic acids is 1. The highest BCUT2D eigenvalue weighted by Crippen LogP contribution is 2.01. The van der Waals surface area contributed by atoms with Crippen LogP contribution in [-0.4, -0.2) is 25.2 Å². The Labute approximate surface area is 114 Å². The largest absolute Gasteiger partial charge is 0.445 e. The average Bonchev–Trinajstić information content (AvgIpc) is 2.45. The van der Waals surface area contributed by atoms with Gasteiger partial charge < -0.3 is 21.5 Å². The van der Waals surface area contributed by atoms with Crippen molar-refractivity contribution in [2.24, 2.45) is 11.5 Å². The molecule has 1 rings (SSSR count). The molecule has 0 aromatic heterocycles. The van der Waals surface area contributed by atoms with Crippen molar-refractivity contribution < 1.29 is 9.53 Å². The highest BCUT2D eigenvalue weighted by molar-refractivity contribution is 5.67. The lowest BCUT2D eigenvalue weighted by atomic mass is 10.1. The van der Waals surface area contributed by atoms with E-state index in [0.29, 0.717) is 19.7 Å². The van der Waals surface area contributed by atoms with Crippen molar-refractivity contribution in [3.8, 4) is 0 Å². The lowest BCUT2D eigenvalue weighted by molar-refractivity contribution is 0.139. The van der Waals surface area contributed by atoms with Crippen LogP contribution in [0.1, 0.15) is 24.8 Å². The van der Waals surface area contributed by atoms with Gasteiger partial charge in [0.15, 0.2) is 0 Å². The van der Waals surface area contributed by atoms with Crippen molar-refractivity contribution >= 4 is 6.09 Å². The number of carbonyl (C=O) groups is 1. The summed E-state index contributed by atoms with van der Waals surface area (Å²) in [7, 11) is 0. The van der Waals surface area contributed by atoms with Crippen molar-refractivity contribution in [1.29, 1.82) is 0 Å². The molecule has 5 N–H and O–H groups in total. The number of ether oxygens (including phenoxy) is 1. The summed E-state index contributed by atoms with van der Waals surface area (Å²) in [5.41, 5.74) is 12.1. The van der Waals surface area contributed by atoms with Crippen LogP contribution in [-0.2, 0) is 11.3 Å². The average molecular weight is 265 g/mol. The zero-order chi connectivity index (χ0) is 13.9. The van der Waals surface area contributed by atoms with Gasteiger partial charge in [0.1, 0.15) is 6.61 Å². The smallest absolute Gasteiger partial charge is 0.407 e. The van der Waals surface area contributed by atoms with Gasteiger partial charge in [-0.25, -0.2) is 4.79 Å². The number of benzene rings is 1. The highest BCUT2D eigenvalue weighted by atomic mass is 16.5. The van der Waals surface area contributed by atoms with Crippen LogP contribution in [0.15, 0.2) is 30.3 Å². The second kappa shape index (κ2) is 9.35. The summed E-state index contributed by atoms with van der Waals surface area (Å²) in [5.74, 6) is 0. The Morgan fingerprint density at radius 2 is 2.00 bits per heavy atom. The maximum Gasteiger partial charge on any atom is 0.407 e. The van der Waals surface area contributed by atoms with E-state index in [0.717, 1.165) is 24.8 Å². The molecule has 0 aliphatic heterocycles. The van der Waals surface area contributed by atoms with Gasteiger partial charge in [-0.1, -0.05) is 36.8 Å². The summed E-state index contributed by atoms with van der Waals surface area (Å²) >= 11 is 0. The van der Waals surface area contributed by atoms with Gasteiger partial charge in [0.25, 0.3) is 0 Å². The Kier molecular flexibility index (Phi) is 7.62. The third-order valence-corrected chi connectivity index (χ3v) is 2.79. The number of amides is 1. The van der Waals surface area contributed by atoms with Crippen molar-refractivity contribution in [2.75, 3.05) is 13.1 Å². The van der Waals surface area contributed by atoms with Gasteiger partial charge >= 0.3 is 6.09 Å². The van der Waals surface area contributed by atoms with E-state index in [4.69, 9.17) is 16.2 Å². The lowest BCUT2D eigenvalue weighted by Crippen LogP contribution is -2.30. The van der Waals surface area contributed by atoms with Gasteiger partial charge in [0.2, 0.25) is 0 Å². The Hall–Kier alpha value is -1.59. The van der Waals surface area contributed by atoms with Gasteiger partial charge in [0, 0.05) is 19.1 Å². The van der Waals surface area contributed by atoms with Crippen molar-refractivity contribution in [3.63, 3.8) is 0 Å². The standard InChI is InChI=1S/C14H23N3O2/c15-10-13(16)8-4-5-9-17-14(18)19-11-12-6-2-1-3-7-12/h1-3,6-7,13H,4-5,8-11,15-16H2,(H,17,18)/t13-/m0/s1. The van der Waals surface area contributed by atoms with Crippen LogP contribution in [0.4, 0.5) is 4.79 Å². The Morgan fingerprint density at radius 1 is 1.26 bits per heavy atom. The molecular formula is C14H23N3O2. The van der Waals surface area contributed by atoms with E-state index in [1.165, 1.54) is 0 Å². The first-order valence-corrected chi connectivity index (χ1v) is 6.62. The number of hydrogen-bond acceptors (Lipinski definition) is 4. The molecule has 0 aliphatic rings. The first-order chi connectivity index (χ1) is 9.22. The molecule has 5 nitrogen and oxygen atoms in total. The fourth-order valence-corrected chi connectivity index (χ4v) is 1.61. The monoisotopic (exact) mass is 265 g/mol. The molecule has 0 radical (unpaired) electrons. The third kappa shape index (κ3) is 7.43. The van der Waals surface area contributed by atoms with E-state index in [-0.39, 0.29) is 12.1 Å².